The fourth-order valence-corrected chi connectivity index (χ4v) is 1.53. The predicted octanol–water partition coefficient (Wildman–Crippen LogP) is 1.24. The van der Waals surface area contributed by atoms with Gasteiger partial charge in [0.2, 0.25) is 0 Å². The highest BCUT2D eigenvalue weighted by Crippen LogP contribution is 2.36. The van der Waals surface area contributed by atoms with Gasteiger partial charge in [-0.2, -0.15) is 0 Å². The average molecular weight is 239 g/mol. The summed E-state index contributed by atoms with van der Waals surface area (Å²) < 4.78 is 15.5. The third-order valence-corrected chi connectivity index (χ3v) is 2.36. The van der Waals surface area contributed by atoms with Gasteiger partial charge in [0.1, 0.15) is 5.75 Å². The lowest BCUT2D eigenvalue weighted by Crippen LogP contribution is -2.10. The van der Waals surface area contributed by atoms with E-state index >= 15 is 0 Å². The van der Waals surface area contributed by atoms with Crippen LogP contribution in [0.3, 0.4) is 0 Å². The first-order valence-electron chi connectivity index (χ1n) is 5.21. The third kappa shape index (κ3) is 2.88. The molecule has 0 atom stereocenters. The molecular formula is C12H17NO4. The van der Waals surface area contributed by atoms with E-state index in [4.69, 9.17) is 19.9 Å². The molecule has 1 aromatic carbocycles. The van der Waals surface area contributed by atoms with Gasteiger partial charge in [-0.25, -0.2) is 0 Å². The van der Waals surface area contributed by atoms with Gasteiger partial charge in [0.05, 0.1) is 26.9 Å². The number of nitrogens with two attached hydrogens (primary N) is 1. The number of rotatable bonds is 6. The van der Waals surface area contributed by atoms with Gasteiger partial charge >= 0.3 is 0 Å². The summed E-state index contributed by atoms with van der Waals surface area (Å²) >= 11 is 0. The summed E-state index contributed by atoms with van der Waals surface area (Å²) in [6.45, 7) is 0.293. The maximum atomic E-state index is 11.9. The van der Waals surface area contributed by atoms with Crippen molar-refractivity contribution in [3.8, 4) is 17.2 Å². The molecule has 5 heteroatoms. The van der Waals surface area contributed by atoms with Crippen molar-refractivity contribution in [1.29, 1.82) is 0 Å². The molecule has 5 nitrogen and oxygen atoms in total. The van der Waals surface area contributed by atoms with Crippen LogP contribution < -0.4 is 19.9 Å². The zero-order chi connectivity index (χ0) is 12.8. The molecule has 1 rings (SSSR count). The zero-order valence-corrected chi connectivity index (χ0v) is 10.3. The maximum Gasteiger partial charge on any atom is 0.171 e. The Bertz CT molecular complexity index is 404. The first kappa shape index (κ1) is 13.3. The predicted molar refractivity (Wildman–Crippen MR) is 64.1 cm³/mol. The monoisotopic (exact) mass is 239 g/mol. The number of carbonyl (C=O) groups excluding carboxylic acids is 1. The Labute approximate surface area is 100 Å². The average Bonchev–Trinajstić information content (AvgIpc) is 2.37. The van der Waals surface area contributed by atoms with Crippen LogP contribution >= 0.6 is 0 Å². The van der Waals surface area contributed by atoms with Crippen LogP contribution in [0.1, 0.15) is 16.8 Å². The standard InChI is InChI=1S/C12H17NO4/c1-15-8-6-9(10(14)4-5-13)12(17-3)11(7-8)16-2/h6-7H,4-5,13H2,1-3H3. The van der Waals surface area contributed by atoms with Gasteiger partial charge in [0.25, 0.3) is 0 Å². The topological polar surface area (TPSA) is 70.8 Å². The van der Waals surface area contributed by atoms with Crippen molar-refractivity contribution in [2.75, 3.05) is 27.9 Å². The molecule has 0 fully saturated rings. The highest BCUT2D eigenvalue weighted by molar-refractivity contribution is 6.00. The molecule has 2 N–H and O–H groups in total. The minimum atomic E-state index is -0.0958. The van der Waals surface area contributed by atoms with Crippen molar-refractivity contribution < 1.29 is 19.0 Å². The first-order valence-corrected chi connectivity index (χ1v) is 5.21. The zero-order valence-electron chi connectivity index (χ0n) is 10.3. The van der Waals surface area contributed by atoms with Crippen molar-refractivity contribution in [1.82, 2.24) is 0 Å². The Morgan fingerprint density at radius 1 is 1.18 bits per heavy atom. The molecule has 0 saturated carbocycles. The summed E-state index contributed by atoms with van der Waals surface area (Å²) in [5, 5.41) is 0. The molecule has 0 unspecified atom stereocenters. The normalized spacial score (nSPS) is 9.88. The van der Waals surface area contributed by atoms with Crippen LogP contribution in [0.5, 0.6) is 17.2 Å². The summed E-state index contributed by atoms with van der Waals surface area (Å²) in [5.74, 6) is 1.32. The van der Waals surface area contributed by atoms with Crippen LogP contribution in [-0.4, -0.2) is 33.7 Å². The molecule has 0 aromatic heterocycles. The van der Waals surface area contributed by atoms with E-state index in [2.05, 4.69) is 0 Å². The summed E-state index contributed by atoms with van der Waals surface area (Å²) in [7, 11) is 4.52. The molecule has 0 spiro atoms. The van der Waals surface area contributed by atoms with Crippen LogP contribution in [0.25, 0.3) is 0 Å². The summed E-state index contributed by atoms with van der Waals surface area (Å²) in [5.41, 5.74) is 5.80. The molecule has 1 aromatic rings. The molecule has 0 radical (unpaired) electrons. The van der Waals surface area contributed by atoms with Crippen molar-refractivity contribution in [3.05, 3.63) is 17.7 Å². The van der Waals surface area contributed by atoms with E-state index in [1.54, 1.807) is 12.1 Å². The second kappa shape index (κ2) is 6.10. The molecule has 0 aliphatic heterocycles. The van der Waals surface area contributed by atoms with Crippen molar-refractivity contribution >= 4 is 5.78 Å². The van der Waals surface area contributed by atoms with E-state index in [0.29, 0.717) is 29.4 Å². The van der Waals surface area contributed by atoms with Crippen molar-refractivity contribution in [2.24, 2.45) is 5.73 Å². The first-order chi connectivity index (χ1) is 8.17. The quantitative estimate of drug-likeness (QED) is 0.756. The minimum Gasteiger partial charge on any atom is -0.497 e. The Morgan fingerprint density at radius 2 is 1.88 bits per heavy atom. The van der Waals surface area contributed by atoms with Gasteiger partial charge < -0.3 is 19.9 Å². The third-order valence-electron chi connectivity index (χ3n) is 2.36. The molecule has 0 bridgehead atoms. The Balaban J connectivity index is 3.28. The number of methoxy groups -OCH3 is 3. The minimum absolute atomic E-state index is 0.0958. The second-order valence-electron chi connectivity index (χ2n) is 3.37. The van der Waals surface area contributed by atoms with Crippen LogP contribution in [-0.2, 0) is 0 Å². The second-order valence-corrected chi connectivity index (χ2v) is 3.37. The fraction of sp³-hybridized carbons (Fsp3) is 0.417. The number of hydrogen-bond acceptors (Lipinski definition) is 5. The number of Topliss-reactive ketones (excluding diaryl/α,β-unsaturated/α-hetero) is 1. The summed E-state index contributed by atoms with van der Waals surface area (Å²) in [6.07, 6.45) is 0.257. The van der Waals surface area contributed by atoms with E-state index in [9.17, 15) is 4.79 Å². The highest BCUT2D eigenvalue weighted by Gasteiger charge is 2.18. The van der Waals surface area contributed by atoms with Crippen LogP contribution in [0.4, 0.5) is 0 Å². The van der Waals surface area contributed by atoms with E-state index in [0.717, 1.165) is 0 Å². The van der Waals surface area contributed by atoms with Gasteiger partial charge in [-0.05, 0) is 12.6 Å². The van der Waals surface area contributed by atoms with E-state index in [-0.39, 0.29) is 12.2 Å². The van der Waals surface area contributed by atoms with Gasteiger partial charge in [-0.1, -0.05) is 0 Å². The van der Waals surface area contributed by atoms with Gasteiger partial charge in [0.15, 0.2) is 17.3 Å². The van der Waals surface area contributed by atoms with E-state index in [1.165, 1.54) is 21.3 Å². The lowest BCUT2D eigenvalue weighted by Gasteiger charge is -2.13. The van der Waals surface area contributed by atoms with Gasteiger partial charge in [0, 0.05) is 12.5 Å². The Kier molecular flexibility index (Phi) is 4.78. The number of ether oxygens (including phenoxy) is 3. The van der Waals surface area contributed by atoms with E-state index < -0.39 is 0 Å². The lowest BCUT2D eigenvalue weighted by molar-refractivity contribution is 0.0981. The molecule has 17 heavy (non-hydrogen) atoms. The smallest absolute Gasteiger partial charge is 0.171 e. The van der Waals surface area contributed by atoms with Crippen molar-refractivity contribution in [2.45, 2.75) is 6.42 Å². The molecule has 0 aliphatic carbocycles. The molecule has 94 valence electrons. The van der Waals surface area contributed by atoms with Crippen LogP contribution in [0, 0.1) is 0 Å². The highest BCUT2D eigenvalue weighted by atomic mass is 16.5. The van der Waals surface area contributed by atoms with E-state index in [1.807, 2.05) is 0 Å². The summed E-state index contributed by atoms with van der Waals surface area (Å²) in [4.78, 5) is 11.9. The SMILES string of the molecule is COc1cc(OC)c(OC)c(C(=O)CCN)c1. The molecule has 0 saturated heterocycles. The fourth-order valence-electron chi connectivity index (χ4n) is 1.53. The summed E-state index contributed by atoms with van der Waals surface area (Å²) in [6, 6.07) is 3.29. The molecule has 0 aliphatic rings. The molecule has 0 heterocycles. The lowest BCUT2D eigenvalue weighted by atomic mass is 10.1. The molecule has 0 amide bonds. The van der Waals surface area contributed by atoms with Gasteiger partial charge in [-0.3, -0.25) is 4.79 Å². The Hall–Kier alpha value is -1.75. The Morgan fingerprint density at radius 3 is 2.35 bits per heavy atom. The van der Waals surface area contributed by atoms with Crippen LogP contribution in [0.2, 0.25) is 0 Å². The molecular weight excluding hydrogens is 222 g/mol. The number of benzene rings is 1. The maximum absolute atomic E-state index is 11.9. The number of ketones is 1. The number of hydrogen-bond donors (Lipinski definition) is 1. The van der Waals surface area contributed by atoms with Crippen molar-refractivity contribution in [3.63, 3.8) is 0 Å². The largest absolute Gasteiger partial charge is 0.497 e. The number of carbonyl (C=O) groups is 1. The van der Waals surface area contributed by atoms with Gasteiger partial charge in [-0.15, -0.1) is 0 Å². The van der Waals surface area contributed by atoms with Crippen LogP contribution in [0.15, 0.2) is 12.1 Å².